The minimum Gasteiger partial charge on any atom is -0.496 e. The third-order valence-electron chi connectivity index (χ3n) is 10.2. The van der Waals surface area contributed by atoms with Crippen molar-refractivity contribution in [3.63, 3.8) is 0 Å². The molecule has 7 heteroatoms. The molecule has 1 heterocycles. The number of pyridine rings is 1. The van der Waals surface area contributed by atoms with Gasteiger partial charge in [-0.05, 0) is 106 Å². The van der Waals surface area contributed by atoms with Crippen molar-refractivity contribution in [3.8, 4) is 5.75 Å². The quantitative estimate of drug-likeness (QED) is 0.314. The van der Waals surface area contributed by atoms with Gasteiger partial charge in [-0.3, -0.25) is 14.7 Å². The number of ether oxygens (including phenoxy) is 1. The third kappa shape index (κ3) is 6.11. The molecular formula is C35H47FN4O2. The van der Waals surface area contributed by atoms with Crippen LogP contribution in [-0.4, -0.2) is 36.8 Å². The van der Waals surface area contributed by atoms with E-state index >= 15 is 4.39 Å². The maximum absolute atomic E-state index is 15.1. The van der Waals surface area contributed by atoms with E-state index in [0.29, 0.717) is 23.5 Å². The second-order valence-corrected chi connectivity index (χ2v) is 13.2. The number of anilines is 1. The van der Waals surface area contributed by atoms with Gasteiger partial charge in [-0.25, -0.2) is 9.37 Å². The standard InChI is InChI=1S/C35H47FN4O2/c1-24(2)38-21-27(20-37)29-19-32(39-22-30(29)36)40(33(41)26-8-6-5-7-9-26)23-34-12-15-35(16-13-34,17-14-34)28-10-11-31(42-4)25(3)18-28/h10-11,18-22,24,26H,5-9,12-17,23,37H2,1-4H3/b27-20+,38-21?. The molecule has 4 saturated carbocycles. The largest absolute Gasteiger partial charge is 0.496 e. The first kappa shape index (κ1) is 30.2. The molecule has 1 aromatic heterocycles. The van der Waals surface area contributed by atoms with Crippen LogP contribution in [0.2, 0.25) is 0 Å². The summed E-state index contributed by atoms with van der Waals surface area (Å²) >= 11 is 0. The van der Waals surface area contributed by atoms with Crippen LogP contribution in [0.15, 0.2) is 41.7 Å². The smallest absolute Gasteiger partial charge is 0.231 e. The molecule has 0 radical (unpaired) electrons. The van der Waals surface area contributed by atoms with Crippen molar-refractivity contribution in [3.05, 3.63) is 59.2 Å². The van der Waals surface area contributed by atoms with Gasteiger partial charge in [0.25, 0.3) is 0 Å². The maximum Gasteiger partial charge on any atom is 0.231 e. The van der Waals surface area contributed by atoms with Gasteiger partial charge >= 0.3 is 0 Å². The van der Waals surface area contributed by atoms with Crippen LogP contribution in [0.5, 0.6) is 5.75 Å². The monoisotopic (exact) mass is 574 g/mol. The van der Waals surface area contributed by atoms with Crippen molar-refractivity contribution in [2.24, 2.45) is 22.1 Å². The molecule has 0 atom stereocenters. The number of carbonyl (C=O) groups excluding carboxylic acids is 1. The predicted octanol–water partition coefficient (Wildman–Crippen LogP) is 7.52. The lowest BCUT2D eigenvalue weighted by Crippen LogP contribution is -2.51. The van der Waals surface area contributed by atoms with Gasteiger partial charge < -0.3 is 10.5 Å². The molecule has 0 aliphatic heterocycles. The minimum absolute atomic E-state index is 0.00831. The predicted molar refractivity (Wildman–Crippen MR) is 168 cm³/mol. The molecule has 2 bridgehead atoms. The molecule has 42 heavy (non-hydrogen) atoms. The number of methoxy groups -OCH3 is 1. The van der Waals surface area contributed by atoms with Crippen LogP contribution in [0.4, 0.5) is 10.2 Å². The number of amides is 1. The van der Waals surface area contributed by atoms with Crippen LogP contribution in [0.25, 0.3) is 5.57 Å². The average molecular weight is 575 g/mol. The van der Waals surface area contributed by atoms with Gasteiger partial charge in [-0.2, -0.15) is 0 Å². The van der Waals surface area contributed by atoms with Crippen LogP contribution >= 0.6 is 0 Å². The summed E-state index contributed by atoms with van der Waals surface area (Å²) in [6.45, 7) is 6.66. The van der Waals surface area contributed by atoms with E-state index in [-0.39, 0.29) is 28.7 Å². The molecule has 0 unspecified atom stereocenters. The lowest BCUT2D eigenvalue weighted by atomic mass is 9.51. The summed E-state index contributed by atoms with van der Waals surface area (Å²) in [6.07, 6.45) is 15.9. The highest BCUT2D eigenvalue weighted by molar-refractivity contribution is 6.10. The normalized spacial score (nSPS) is 24.9. The number of nitrogens with zero attached hydrogens (tertiary/aromatic N) is 3. The van der Waals surface area contributed by atoms with E-state index in [1.54, 1.807) is 19.4 Å². The van der Waals surface area contributed by atoms with Gasteiger partial charge in [0.15, 0.2) is 0 Å². The van der Waals surface area contributed by atoms with E-state index in [1.165, 1.54) is 29.9 Å². The molecule has 6 nitrogen and oxygen atoms in total. The lowest BCUT2D eigenvalue weighted by molar-refractivity contribution is -0.124. The van der Waals surface area contributed by atoms with E-state index in [0.717, 1.165) is 70.0 Å². The van der Waals surface area contributed by atoms with Gasteiger partial charge in [0.2, 0.25) is 5.91 Å². The topological polar surface area (TPSA) is 80.8 Å². The van der Waals surface area contributed by atoms with Crippen molar-refractivity contribution in [1.82, 2.24) is 4.98 Å². The number of hydrogen-bond acceptors (Lipinski definition) is 5. The Morgan fingerprint density at radius 3 is 2.43 bits per heavy atom. The molecule has 0 spiro atoms. The Hall–Kier alpha value is -3.22. The van der Waals surface area contributed by atoms with E-state index in [2.05, 4.69) is 35.1 Å². The molecule has 4 fully saturated rings. The zero-order valence-corrected chi connectivity index (χ0v) is 25.8. The number of aryl methyl sites for hydroxylation is 1. The Labute approximate surface area is 250 Å². The van der Waals surface area contributed by atoms with Gasteiger partial charge in [-0.15, -0.1) is 0 Å². The molecule has 226 valence electrons. The number of benzene rings is 1. The molecule has 6 rings (SSSR count). The minimum atomic E-state index is -0.469. The van der Waals surface area contributed by atoms with Gasteiger partial charge in [0, 0.05) is 42.1 Å². The second-order valence-electron chi connectivity index (χ2n) is 13.2. The fourth-order valence-corrected chi connectivity index (χ4v) is 7.55. The Bertz CT molecular complexity index is 1320. The molecule has 2 aromatic rings. The SMILES string of the molecule is COc1ccc(C23CCC(CN(C(=O)C4CCCCC4)c4cc(/C(C=NC(C)C)=C/N)c(F)cn4)(CC2)CC3)cc1C. The first-order valence-electron chi connectivity index (χ1n) is 15.8. The Balaban J connectivity index is 1.43. The number of hydrogen-bond donors (Lipinski definition) is 1. The lowest BCUT2D eigenvalue weighted by Gasteiger charge is -2.55. The highest BCUT2D eigenvalue weighted by Gasteiger charge is 2.50. The van der Waals surface area contributed by atoms with E-state index < -0.39 is 5.82 Å². The first-order chi connectivity index (χ1) is 20.2. The number of allylic oxidation sites excluding steroid dienone is 1. The van der Waals surface area contributed by atoms with Crippen LogP contribution in [-0.2, 0) is 10.2 Å². The van der Waals surface area contributed by atoms with Crippen molar-refractivity contribution < 1.29 is 13.9 Å². The summed E-state index contributed by atoms with van der Waals surface area (Å²) in [7, 11) is 1.72. The fourth-order valence-electron chi connectivity index (χ4n) is 7.55. The van der Waals surface area contributed by atoms with Crippen LogP contribution in [0.3, 0.4) is 0 Å². The zero-order chi connectivity index (χ0) is 29.9. The molecule has 2 N–H and O–H groups in total. The number of aromatic nitrogens is 1. The molecule has 4 aliphatic rings. The highest BCUT2D eigenvalue weighted by atomic mass is 19.1. The third-order valence-corrected chi connectivity index (χ3v) is 10.2. The van der Waals surface area contributed by atoms with Crippen LogP contribution in [0.1, 0.15) is 101 Å². The molecule has 1 aromatic carbocycles. The number of halogens is 1. The zero-order valence-electron chi connectivity index (χ0n) is 25.8. The number of aliphatic imine (C=N–C) groups is 1. The number of carbonyl (C=O) groups is 1. The maximum atomic E-state index is 15.1. The highest BCUT2D eigenvalue weighted by Crippen LogP contribution is 2.58. The first-order valence-corrected chi connectivity index (χ1v) is 15.8. The van der Waals surface area contributed by atoms with E-state index in [1.807, 2.05) is 18.7 Å². The molecule has 4 aliphatic carbocycles. The summed E-state index contributed by atoms with van der Waals surface area (Å²) in [4.78, 5) is 25.0. The van der Waals surface area contributed by atoms with Crippen LogP contribution in [0, 0.1) is 24.1 Å². The summed E-state index contributed by atoms with van der Waals surface area (Å²) in [5, 5.41) is 0. The van der Waals surface area contributed by atoms with Crippen LogP contribution < -0.4 is 15.4 Å². The van der Waals surface area contributed by atoms with E-state index in [9.17, 15) is 4.79 Å². The summed E-state index contributed by atoms with van der Waals surface area (Å²) in [6, 6.07) is 8.42. The van der Waals surface area contributed by atoms with Crippen molar-refractivity contribution in [1.29, 1.82) is 0 Å². The molecular weight excluding hydrogens is 527 g/mol. The summed E-state index contributed by atoms with van der Waals surface area (Å²) in [5.74, 6) is 1.11. The number of rotatable bonds is 9. The number of nitrogens with two attached hydrogens (primary N) is 1. The molecule has 0 saturated heterocycles. The fraction of sp³-hybridized carbons (Fsp3) is 0.571. The van der Waals surface area contributed by atoms with Crippen molar-refractivity contribution >= 4 is 23.5 Å². The van der Waals surface area contributed by atoms with Gasteiger partial charge in [-0.1, -0.05) is 31.4 Å². The number of fused-ring (bicyclic) bond motifs is 3. The second kappa shape index (κ2) is 12.6. The summed E-state index contributed by atoms with van der Waals surface area (Å²) in [5.41, 5.74) is 9.55. The summed E-state index contributed by atoms with van der Waals surface area (Å²) < 4.78 is 20.6. The average Bonchev–Trinajstić information content (AvgIpc) is 3.02. The Kier molecular flexibility index (Phi) is 9.05. The van der Waals surface area contributed by atoms with Gasteiger partial charge in [0.05, 0.1) is 13.3 Å². The van der Waals surface area contributed by atoms with Gasteiger partial charge in [0.1, 0.15) is 17.4 Å². The molecule has 1 amide bonds. The Morgan fingerprint density at radius 2 is 1.83 bits per heavy atom. The van der Waals surface area contributed by atoms with Crippen molar-refractivity contribution in [2.45, 2.75) is 103 Å². The van der Waals surface area contributed by atoms with E-state index in [4.69, 9.17) is 10.5 Å². The van der Waals surface area contributed by atoms with Crippen molar-refractivity contribution in [2.75, 3.05) is 18.6 Å². The Morgan fingerprint density at radius 1 is 1.14 bits per heavy atom.